The predicted molar refractivity (Wildman–Crippen MR) is 47.9 cm³/mol. The molecule has 2 nitrogen and oxygen atoms in total. The molecule has 0 atom stereocenters. The van der Waals surface area contributed by atoms with Gasteiger partial charge in [-0.2, -0.15) is 0 Å². The van der Waals surface area contributed by atoms with Crippen molar-refractivity contribution in [3.63, 3.8) is 0 Å². The first-order valence-corrected chi connectivity index (χ1v) is 4.48. The van der Waals surface area contributed by atoms with Crippen LogP contribution in [0.4, 0.5) is 0 Å². The van der Waals surface area contributed by atoms with Crippen LogP contribution in [-0.2, 0) is 4.79 Å². The van der Waals surface area contributed by atoms with Gasteiger partial charge in [-0.1, -0.05) is 6.42 Å². The Morgan fingerprint density at radius 2 is 1.91 bits per heavy atom. The maximum Gasteiger partial charge on any atom is 0.222 e. The summed E-state index contributed by atoms with van der Waals surface area (Å²) in [5.41, 5.74) is 0. The second kappa shape index (κ2) is 6.47. The summed E-state index contributed by atoms with van der Waals surface area (Å²) in [7, 11) is 3.56. The third-order valence-electron chi connectivity index (χ3n) is 1.52. The van der Waals surface area contributed by atoms with Gasteiger partial charge in [0, 0.05) is 26.4 Å². The Labute approximate surface area is 73.5 Å². The maximum atomic E-state index is 11.0. The number of hydrogen-bond donors (Lipinski definition) is 0. The third-order valence-corrected chi connectivity index (χ3v) is 1.79. The van der Waals surface area contributed by atoms with E-state index in [0.717, 1.165) is 19.3 Å². The average molecular weight is 178 g/mol. The van der Waals surface area contributed by atoms with E-state index in [1.54, 1.807) is 19.0 Å². The highest BCUT2D eigenvalue weighted by molar-refractivity contribution is 6.17. The van der Waals surface area contributed by atoms with Crippen LogP contribution in [0.15, 0.2) is 0 Å². The molecule has 1 amide bonds. The van der Waals surface area contributed by atoms with Gasteiger partial charge < -0.3 is 4.90 Å². The molecule has 0 fully saturated rings. The molecule has 0 aliphatic heterocycles. The van der Waals surface area contributed by atoms with Gasteiger partial charge in [-0.25, -0.2) is 0 Å². The van der Waals surface area contributed by atoms with E-state index >= 15 is 0 Å². The van der Waals surface area contributed by atoms with E-state index in [2.05, 4.69) is 0 Å². The molecule has 0 radical (unpaired) electrons. The van der Waals surface area contributed by atoms with Gasteiger partial charge in [-0.05, 0) is 12.8 Å². The summed E-state index contributed by atoms with van der Waals surface area (Å²) in [4.78, 5) is 12.6. The molecule has 0 aromatic heterocycles. The Morgan fingerprint density at radius 1 is 1.27 bits per heavy atom. The lowest BCUT2D eigenvalue weighted by molar-refractivity contribution is -0.128. The van der Waals surface area contributed by atoms with E-state index < -0.39 is 0 Å². The Hall–Kier alpha value is -0.240. The SMILES string of the molecule is CN(C)C(=O)CCCCCCl. The summed E-state index contributed by atoms with van der Waals surface area (Å²) < 4.78 is 0. The molecule has 0 saturated heterocycles. The van der Waals surface area contributed by atoms with Crippen LogP contribution in [0.3, 0.4) is 0 Å². The minimum absolute atomic E-state index is 0.208. The van der Waals surface area contributed by atoms with Crippen LogP contribution in [0.5, 0.6) is 0 Å². The number of hydrogen-bond acceptors (Lipinski definition) is 1. The summed E-state index contributed by atoms with van der Waals surface area (Å²) in [6.45, 7) is 0. The number of alkyl halides is 1. The van der Waals surface area contributed by atoms with Gasteiger partial charge in [0.05, 0.1) is 0 Å². The fraction of sp³-hybridized carbons (Fsp3) is 0.875. The number of halogens is 1. The van der Waals surface area contributed by atoms with Crippen molar-refractivity contribution >= 4 is 17.5 Å². The van der Waals surface area contributed by atoms with Gasteiger partial charge in [0.25, 0.3) is 0 Å². The fourth-order valence-electron chi connectivity index (χ4n) is 0.771. The lowest BCUT2D eigenvalue weighted by atomic mass is 10.2. The van der Waals surface area contributed by atoms with Crippen molar-refractivity contribution in [2.45, 2.75) is 25.7 Å². The maximum absolute atomic E-state index is 11.0. The fourth-order valence-corrected chi connectivity index (χ4v) is 0.960. The second-order valence-corrected chi connectivity index (χ2v) is 3.17. The van der Waals surface area contributed by atoms with Crippen LogP contribution in [0.2, 0.25) is 0 Å². The summed E-state index contributed by atoms with van der Waals surface area (Å²) in [5, 5.41) is 0. The van der Waals surface area contributed by atoms with E-state index in [4.69, 9.17) is 11.6 Å². The molecule has 0 spiro atoms. The summed E-state index contributed by atoms with van der Waals surface area (Å²) in [5.74, 6) is 0.912. The lowest BCUT2D eigenvalue weighted by Gasteiger charge is -2.08. The average Bonchev–Trinajstić information content (AvgIpc) is 1.97. The van der Waals surface area contributed by atoms with Crippen LogP contribution in [-0.4, -0.2) is 30.8 Å². The Kier molecular flexibility index (Phi) is 6.33. The van der Waals surface area contributed by atoms with Crippen LogP contribution >= 0.6 is 11.6 Å². The minimum atomic E-state index is 0.208. The quantitative estimate of drug-likeness (QED) is 0.464. The molecule has 0 aromatic rings. The number of rotatable bonds is 5. The Morgan fingerprint density at radius 3 is 2.36 bits per heavy atom. The van der Waals surface area contributed by atoms with E-state index in [1.807, 2.05) is 0 Å². The van der Waals surface area contributed by atoms with Crippen LogP contribution in [0.1, 0.15) is 25.7 Å². The highest BCUT2D eigenvalue weighted by Crippen LogP contribution is 2.02. The van der Waals surface area contributed by atoms with Crippen molar-refractivity contribution < 1.29 is 4.79 Å². The number of carbonyl (C=O) groups is 1. The van der Waals surface area contributed by atoms with E-state index in [0.29, 0.717) is 12.3 Å². The third kappa shape index (κ3) is 6.17. The van der Waals surface area contributed by atoms with Gasteiger partial charge in [-0.3, -0.25) is 4.79 Å². The molecule has 0 heterocycles. The summed E-state index contributed by atoms with van der Waals surface area (Å²) in [6.07, 6.45) is 3.69. The number of unbranched alkanes of at least 4 members (excludes halogenated alkanes) is 2. The zero-order chi connectivity index (χ0) is 8.69. The minimum Gasteiger partial charge on any atom is -0.349 e. The number of amides is 1. The Bertz CT molecular complexity index is 115. The number of nitrogens with zero attached hydrogens (tertiary/aromatic N) is 1. The molecule has 11 heavy (non-hydrogen) atoms. The summed E-state index contributed by atoms with van der Waals surface area (Å²) >= 11 is 5.48. The van der Waals surface area contributed by atoms with E-state index in [9.17, 15) is 4.79 Å². The molecular formula is C8H16ClNO. The van der Waals surface area contributed by atoms with Gasteiger partial charge in [0.2, 0.25) is 5.91 Å². The second-order valence-electron chi connectivity index (χ2n) is 2.79. The molecule has 0 aromatic carbocycles. The van der Waals surface area contributed by atoms with E-state index in [1.165, 1.54) is 0 Å². The van der Waals surface area contributed by atoms with Gasteiger partial charge in [0.1, 0.15) is 0 Å². The highest BCUT2D eigenvalue weighted by atomic mass is 35.5. The molecule has 0 aliphatic rings. The molecule has 0 aliphatic carbocycles. The van der Waals surface area contributed by atoms with E-state index in [-0.39, 0.29) is 5.91 Å². The molecule has 0 bridgehead atoms. The molecule has 66 valence electrons. The standard InChI is InChI=1S/C8H16ClNO/c1-10(2)8(11)6-4-3-5-7-9/h3-7H2,1-2H3. The normalized spacial score (nSPS) is 9.73. The predicted octanol–water partition coefficient (Wildman–Crippen LogP) is 1.87. The number of carbonyl (C=O) groups excluding carboxylic acids is 1. The molecule has 0 unspecified atom stereocenters. The van der Waals surface area contributed by atoms with Crippen LogP contribution in [0.25, 0.3) is 0 Å². The smallest absolute Gasteiger partial charge is 0.222 e. The molecular weight excluding hydrogens is 162 g/mol. The first-order valence-electron chi connectivity index (χ1n) is 3.94. The molecule has 3 heteroatoms. The molecule has 0 saturated carbocycles. The topological polar surface area (TPSA) is 20.3 Å². The van der Waals surface area contributed by atoms with Crippen LogP contribution < -0.4 is 0 Å². The van der Waals surface area contributed by atoms with Crippen molar-refractivity contribution in [1.29, 1.82) is 0 Å². The van der Waals surface area contributed by atoms with Crippen LogP contribution in [0, 0.1) is 0 Å². The van der Waals surface area contributed by atoms with Crippen molar-refractivity contribution in [2.24, 2.45) is 0 Å². The van der Waals surface area contributed by atoms with Gasteiger partial charge >= 0.3 is 0 Å². The first-order chi connectivity index (χ1) is 5.18. The first kappa shape index (κ1) is 10.8. The van der Waals surface area contributed by atoms with Gasteiger partial charge in [0.15, 0.2) is 0 Å². The van der Waals surface area contributed by atoms with Crippen molar-refractivity contribution in [2.75, 3.05) is 20.0 Å². The zero-order valence-corrected chi connectivity index (χ0v) is 8.02. The van der Waals surface area contributed by atoms with Crippen molar-refractivity contribution in [3.8, 4) is 0 Å². The van der Waals surface area contributed by atoms with Crippen molar-refractivity contribution in [3.05, 3.63) is 0 Å². The largest absolute Gasteiger partial charge is 0.349 e. The summed E-state index contributed by atoms with van der Waals surface area (Å²) in [6, 6.07) is 0. The lowest BCUT2D eigenvalue weighted by Crippen LogP contribution is -2.20. The Balaban J connectivity index is 3.18. The molecule has 0 rings (SSSR count). The molecule has 0 N–H and O–H groups in total. The van der Waals surface area contributed by atoms with Gasteiger partial charge in [-0.15, -0.1) is 11.6 Å². The van der Waals surface area contributed by atoms with Crippen molar-refractivity contribution in [1.82, 2.24) is 4.90 Å². The highest BCUT2D eigenvalue weighted by Gasteiger charge is 2.01. The monoisotopic (exact) mass is 177 g/mol. The zero-order valence-electron chi connectivity index (χ0n) is 7.27.